The molecule has 1 heterocycles. The van der Waals surface area contributed by atoms with Crippen molar-refractivity contribution >= 4 is 23.2 Å². The fourth-order valence-electron chi connectivity index (χ4n) is 1.49. The van der Waals surface area contributed by atoms with Gasteiger partial charge in [0, 0.05) is 10.6 Å². The second-order valence-electron chi connectivity index (χ2n) is 3.89. The molecule has 1 aromatic heterocycles. The number of nitrogens with zero attached hydrogens (tertiary/aromatic N) is 1. The number of amides is 1. The minimum absolute atomic E-state index is 0.181. The fraction of sp³-hybridized carbons (Fsp3) is 0.0769. The van der Waals surface area contributed by atoms with E-state index in [2.05, 4.69) is 10.3 Å². The smallest absolute Gasteiger partial charge is 0.255 e. The van der Waals surface area contributed by atoms with E-state index in [-0.39, 0.29) is 5.69 Å². The quantitative estimate of drug-likeness (QED) is 0.856. The molecular weight excluding hydrogens is 274 g/mol. The molecule has 1 amide bonds. The SMILES string of the molecule is Cc1cc(C(=O)Nc2ccc(F)nc2F)ccc1Cl. The van der Waals surface area contributed by atoms with E-state index < -0.39 is 17.8 Å². The van der Waals surface area contributed by atoms with Crippen LogP contribution >= 0.6 is 11.6 Å². The number of hydrogen-bond donors (Lipinski definition) is 1. The highest BCUT2D eigenvalue weighted by Crippen LogP contribution is 2.18. The number of carbonyl (C=O) groups excluding carboxylic acids is 1. The molecule has 2 rings (SSSR count). The second kappa shape index (κ2) is 5.32. The number of rotatable bonds is 2. The monoisotopic (exact) mass is 282 g/mol. The Morgan fingerprint density at radius 2 is 2.00 bits per heavy atom. The van der Waals surface area contributed by atoms with Gasteiger partial charge in [-0.2, -0.15) is 13.8 Å². The van der Waals surface area contributed by atoms with E-state index in [0.29, 0.717) is 10.6 Å². The van der Waals surface area contributed by atoms with Crippen molar-refractivity contribution < 1.29 is 13.6 Å². The Kier molecular flexibility index (Phi) is 3.76. The molecule has 3 nitrogen and oxygen atoms in total. The van der Waals surface area contributed by atoms with Crippen molar-refractivity contribution in [2.24, 2.45) is 0 Å². The van der Waals surface area contributed by atoms with Gasteiger partial charge in [0.05, 0.1) is 5.69 Å². The predicted molar refractivity (Wildman–Crippen MR) is 68.3 cm³/mol. The summed E-state index contributed by atoms with van der Waals surface area (Å²) in [6, 6.07) is 6.74. The van der Waals surface area contributed by atoms with E-state index in [1.54, 1.807) is 19.1 Å². The maximum absolute atomic E-state index is 13.3. The van der Waals surface area contributed by atoms with Crippen LogP contribution in [0.4, 0.5) is 14.5 Å². The van der Waals surface area contributed by atoms with Gasteiger partial charge in [-0.1, -0.05) is 11.6 Å². The highest BCUT2D eigenvalue weighted by molar-refractivity contribution is 6.31. The number of anilines is 1. The third-order valence-corrected chi connectivity index (χ3v) is 2.91. The maximum Gasteiger partial charge on any atom is 0.255 e. The molecule has 1 N–H and O–H groups in total. The van der Waals surface area contributed by atoms with Gasteiger partial charge in [-0.15, -0.1) is 0 Å². The number of carbonyl (C=O) groups is 1. The number of benzene rings is 1. The molecule has 0 saturated carbocycles. The lowest BCUT2D eigenvalue weighted by atomic mass is 10.1. The molecule has 0 radical (unpaired) electrons. The van der Waals surface area contributed by atoms with Gasteiger partial charge in [0.1, 0.15) is 0 Å². The van der Waals surface area contributed by atoms with E-state index in [9.17, 15) is 13.6 Å². The number of pyridine rings is 1. The van der Waals surface area contributed by atoms with Crippen molar-refractivity contribution in [1.82, 2.24) is 4.98 Å². The van der Waals surface area contributed by atoms with Crippen LogP contribution in [0.3, 0.4) is 0 Å². The Bertz CT molecular complexity index is 647. The molecular formula is C13H9ClF2N2O. The van der Waals surface area contributed by atoms with Crippen LogP contribution in [0.2, 0.25) is 5.02 Å². The maximum atomic E-state index is 13.3. The molecule has 0 aliphatic carbocycles. The molecule has 98 valence electrons. The standard InChI is InChI=1S/C13H9ClF2N2O/c1-7-6-8(2-3-9(7)14)13(19)17-10-4-5-11(15)18-12(10)16/h2-6H,1H3,(H,17,19). The van der Waals surface area contributed by atoms with Crippen LogP contribution < -0.4 is 5.32 Å². The molecule has 2 aromatic rings. The van der Waals surface area contributed by atoms with Gasteiger partial charge in [-0.05, 0) is 42.8 Å². The Balaban J connectivity index is 2.23. The Morgan fingerprint density at radius 1 is 1.26 bits per heavy atom. The third kappa shape index (κ3) is 3.06. The Labute approximate surface area is 113 Å². The fourth-order valence-corrected chi connectivity index (χ4v) is 1.60. The summed E-state index contributed by atoms with van der Waals surface area (Å²) >= 11 is 5.84. The lowest BCUT2D eigenvalue weighted by molar-refractivity contribution is 0.102. The van der Waals surface area contributed by atoms with Crippen LogP contribution in [-0.2, 0) is 0 Å². The lowest BCUT2D eigenvalue weighted by Gasteiger charge is -2.07. The normalized spacial score (nSPS) is 10.3. The van der Waals surface area contributed by atoms with Crippen molar-refractivity contribution in [2.45, 2.75) is 6.92 Å². The zero-order chi connectivity index (χ0) is 14.0. The van der Waals surface area contributed by atoms with Gasteiger partial charge in [0.25, 0.3) is 5.91 Å². The van der Waals surface area contributed by atoms with Crippen LogP contribution in [0.5, 0.6) is 0 Å². The molecule has 19 heavy (non-hydrogen) atoms. The summed E-state index contributed by atoms with van der Waals surface area (Å²) < 4.78 is 25.9. The minimum atomic E-state index is -1.07. The van der Waals surface area contributed by atoms with E-state index in [4.69, 9.17) is 11.6 Å². The molecule has 0 saturated heterocycles. The largest absolute Gasteiger partial charge is 0.318 e. The van der Waals surface area contributed by atoms with Gasteiger partial charge in [0.2, 0.25) is 11.9 Å². The molecule has 0 aliphatic heterocycles. The first-order valence-corrected chi connectivity index (χ1v) is 5.74. The predicted octanol–water partition coefficient (Wildman–Crippen LogP) is 3.57. The topological polar surface area (TPSA) is 42.0 Å². The molecule has 0 spiro atoms. The first-order valence-electron chi connectivity index (χ1n) is 5.37. The van der Waals surface area contributed by atoms with Crippen LogP contribution in [0.15, 0.2) is 30.3 Å². The van der Waals surface area contributed by atoms with E-state index in [1.807, 2.05) is 0 Å². The van der Waals surface area contributed by atoms with Crippen molar-refractivity contribution in [2.75, 3.05) is 5.32 Å². The molecule has 0 unspecified atom stereocenters. The zero-order valence-electron chi connectivity index (χ0n) is 9.88. The summed E-state index contributed by atoms with van der Waals surface area (Å²) in [6.45, 7) is 1.75. The Morgan fingerprint density at radius 3 is 2.63 bits per heavy atom. The molecule has 0 aliphatic rings. The molecule has 0 bridgehead atoms. The van der Waals surface area contributed by atoms with Crippen LogP contribution in [0.25, 0.3) is 0 Å². The number of halogens is 3. The summed E-state index contributed by atoms with van der Waals surface area (Å²) in [4.78, 5) is 14.9. The first kappa shape index (κ1) is 13.4. The van der Waals surface area contributed by atoms with Crippen LogP contribution in [0, 0.1) is 18.8 Å². The first-order chi connectivity index (χ1) is 8.97. The summed E-state index contributed by atoms with van der Waals surface area (Å²) in [5, 5.41) is 2.85. The third-order valence-electron chi connectivity index (χ3n) is 2.48. The highest BCUT2D eigenvalue weighted by Gasteiger charge is 2.11. The molecule has 6 heteroatoms. The molecule has 1 aromatic carbocycles. The van der Waals surface area contributed by atoms with Gasteiger partial charge < -0.3 is 5.32 Å². The van der Waals surface area contributed by atoms with Crippen LogP contribution in [0.1, 0.15) is 15.9 Å². The average molecular weight is 283 g/mol. The number of aromatic nitrogens is 1. The van der Waals surface area contributed by atoms with E-state index in [1.165, 1.54) is 6.07 Å². The average Bonchev–Trinajstić information content (AvgIpc) is 2.36. The van der Waals surface area contributed by atoms with Gasteiger partial charge in [-0.3, -0.25) is 4.79 Å². The van der Waals surface area contributed by atoms with E-state index in [0.717, 1.165) is 17.7 Å². The summed E-state index contributed by atoms with van der Waals surface area (Å²) in [5.41, 5.74) is 0.872. The lowest BCUT2D eigenvalue weighted by Crippen LogP contribution is -2.14. The summed E-state index contributed by atoms with van der Waals surface area (Å²) in [7, 11) is 0. The molecule has 0 atom stereocenters. The number of hydrogen-bond acceptors (Lipinski definition) is 2. The van der Waals surface area contributed by atoms with Gasteiger partial charge in [-0.25, -0.2) is 0 Å². The zero-order valence-corrected chi connectivity index (χ0v) is 10.6. The van der Waals surface area contributed by atoms with Crippen LogP contribution in [-0.4, -0.2) is 10.9 Å². The Hall–Kier alpha value is -2.01. The van der Waals surface area contributed by atoms with Crippen molar-refractivity contribution in [3.63, 3.8) is 0 Å². The minimum Gasteiger partial charge on any atom is -0.318 e. The van der Waals surface area contributed by atoms with Crippen molar-refractivity contribution in [3.8, 4) is 0 Å². The summed E-state index contributed by atoms with van der Waals surface area (Å²) in [6.07, 6.45) is 0. The van der Waals surface area contributed by atoms with Gasteiger partial charge in [0.15, 0.2) is 0 Å². The second-order valence-corrected chi connectivity index (χ2v) is 4.30. The van der Waals surface area contributed by atoms with Crippen molar-refractivity contribution in [1.29, 1.82) is 0 Å². The number of aryl methyl sites for hydroxylation is 1. The van der Waals surface area contributed by atoms with Crippen molar-refractivity contribution in [3.05, 3.63) is 58.4 Å². The molecule has 0 fully saturated rings. The van der Waals surface area contributed by atoms with Gasteiger partial charge >= 0.3 is 0 Å². The number of nitrogens with one attached hydrogen (secondary N) is 1. The highest BCUT2D eigenvalue weighted by atomic mass is 35.5. The van der Waals surface area contributed by atoms with E-state index >= 15 is 0 Å². The summed E-state index contributed by atoms with van der Waals surface area (Å²) in [5.74, 6) is -2.54.